The number of thiophene rings is 1. The number of fused-ring (bicyclic) bond motifs is 1. The number of carbonyl (C=O) groups excluding carboxylic acids is 2. The van der Waals surface area contributed by atoms with Crippen LogP contribution in [-0.4, -0.2) is 62.4 Å². The number of amides is 2. The largest absolute Gasteiger partial charge is 0.465 e. The number of nitriles is 1. The minimum Gasteiger partial charge on any atom is -0.465 e. The van der Waals surface area contributed by atoms with Gasteiger partial charge in [-0.2, -0.15) is 5.26 Å². The molecule has 2 N–H and O–H groups in total. The number of hydrogen-bond acceptors (Lipinski definition) is 8. The number of anilines is 1. The number of hydrogen-bond donors (Lipinski definition) is 2. The Hall–Kier alpha value is -3.13. The van der Waals surface area contributed by atoms with E-state index in [2.05, 4.69) is 21.6 Å². The van der Waals surface area contributed by atoms with E-state index in [0.29, 0.717) is 42.1 Å². The van der Waals surface area contributed by atoms with E-state index in [1.807, 2.05) is 0 Å². The fraction of sp³-hybridized carbons (Fsp3) is 0.435. The molecule has 1 aliphatic heterocycles. The van der Waals surface area contributed by atoms with E-state index in [4.69, 9.17) is 13.9 Å². The molecule has 2 amide bonds. The van der Waals surface area contributed by atoms with Gasteiger partial charge >= 0.3 is 6.09 Å². The molecule has 0 saturated carbocycles. The second kappa shape index (κ2) is 11.1. The Balaban J connectivity index is 1.29. The zero-order valence-corrected chi connectivity index (χ0v) is 19.0. The lowest BCUT2D eigenvalue weighted by Gasteiger charge is -2.27. The van der Waals surface area contributed by atoms with E-state index in [1.54, 1.807) is 18.2 Å². The Labute approximate surface area is 195 Å². The van der Waals surface area contributed by atoms with E-state index in [1.165, 1.54) is 23.7 Å². The van der Waals surface area contributed by atoms with Crippen LogP contribution >= 0.6 is 11.3 Å². The van der Waals surface area contributed by atoms with E-state index in [9.17, 15) is 14.9 Å². The normalized spacial score (nSPS) is 18.5. The van der Waals surface area contributed by atoms with Gasteiger partial charge in [-0.1, -0.05) is 0 Å². The van der Waals surface area contributed by atoms with Crippen LogP contribution in [0.5, 0.6) is 0 Å². The Morgan fingerprint density at radius 3 is 2.97 bits per heavy atom. The smallest absolute Gasteiger partial charge is 0.407 e. The second-order valence-corrected chi connectivity index (χ2v) is 8.91. The maximum atomic E-state index is 12.3. The van der Waals surface area contributed by atoms with Crippen molar-refractivity contribution in [1.29, 1.82) is 5.26 Å². The lowest BCUT2D eigenvalue weighted by atomic mass is 9.94. The molecule has 1 unspecified atom stereocenters. The molecule has 1 aliphatic carbocycles. The summed E-state index contributed by atoms with van der Waals surface area (Å²) in [4.78, 5) is 27.7. The Kier molecular flexibility index (Phi) is 7.78. The molecule has 2 aromatic heterocycles. The molecule has 33 heavy (non-hydrogen) atoms. The Morgan fingerprint density at radius 2 is 2.21 bits per heavy atom. The molecular weight excluding hydrogens is 444 g/mol. The molecule has 0 bridgehead atoms. The van der Waals surface area contributed by atoms with Crippen molar-refractivity contribution in [2.75, 3.05) is 44.7 Å². The third-order valence-corrected chi connectivity index (χ3v) is 6.76. The van der Waals surface area contributed by atoms with Crippen LogP contribution in [0.25, 0.3) is 6.08 Å². The summed E-state index contributed by atoms with van der Waals surface area (Å²) in [6, 6.07) is 5.69. The van der Waals surface area contributed by atoms with Gasteiger partial charge in [0.15, 0.2) is 0 Å². The monoisotopic (exact) mass is 470 g/mol. The van der Waals surface area contributed by atoms with Crippen LogP contribution in [0.3, 0.4) is 0 Å². The molecular formula is C23H26N4O5S. The van der Waals surface area contributed by atoms with Crippen LogP contribution in [0.15, 0.2) is 28.9 Å². The van der Waals surface area contributed by atoms with Crippen molar-refractivity contribution in [3.05, 3.63) is 46.2 Å². The molecule has 3 heterocycles. The summed E-state index contributed by atoms with van der Waals surface area (Å²) in [7, 11) is 0. The first-order chi connectivity index (χ1) is 16.1. The average molecular weight is 471 g/mol. The molecule has 9 nitrogen and oxygen atoms in total. The number of nitrogens with one attached hydrogen (secondary N) is 2. The minimum atomic E-state index is -0.426. The minimum absolute atomic E-state index is 0.256. The van der Waals surface area contributed by atoms with Crippen LogP contribution in [0.1, 0.15) is 28.2 Å². The maximum Gasteiger partial charge on any atom is 0.407 e. The van der Waals surface area contributed by atoms with Gasteiger partial charge in [0, 0.05) is 43.6 Å². The molecule has 1 saturated heterocycles. The Morgan fingerprint density at radius 1 is 1.36 bits per heavy atom. The molecule has 1 fully saturated rings. The van der Waals surface area contributed by atoms with E-state index in [0.717, 1.165) is 43.3 Å². The summed E-state index contributed by atoms with van der Waals surface area (Å²) in [6.45, 7) is 4.49. The zero-order valence-electron chi connectivity index (χ0n) is 18.2. The molecule has 0 radical (unpaired) electrons. The number of alkyl carbamates (subject to hydrolysis) is 1. The summed E-state index contributed by atoms with van der Waals surface area (Å²) in [5.74, 6) is 0.230. The predicted octanol–water partition coefficient (Wildman–Crippen LogP) is 2.78. The van der Waals surface area contributed by atoms with Crippen molar-refractivity contribution in [3.8, 4) is 6.07 Å². The first-order valence-corrected chi connectivity index (χ1v) is 11.8. The van der Waals surface area contributed by atoms with Gasteiger partial charge in [-0.25, -0.2) is 4.79 Å². The maximum absolute atomic E-state index is 12.3. The summed E-state index contributed by atoms with van der Waals surface area (Å²) >= 11 is 1.36. The third-order valence-electron chi connectivity index (χ3n) is 5.59. The number of morpholine rings is 1. The number of nitrogens with zero attached hydrogens (tertiary/aromatic N) is 2. The molecule has 0 aromatic carbocycles. The molecule has 1 atom stereocenters. The molecule has 2 aliphatic rings. The fourth-order valence-corrected chi connectivity index (χ4v) is 5.16. The van der Waals surface area contributed by atoms with Gasteiger partial charge in [0.2, 0.25) is 5.91 Å². The van der Waals surface area contributed by atoms with Gasteiger partial charge in [-0.05, 0) is 36.6 Å². The molecule has 0 spiro atoms. The topological polar surface area (TPSA) is 117 Å². The van der Waals surface area contributed by atoms with Crippen molar-refractivity contribution >= 4 is 34.4 Å². The summed E-state index contributed by atoms with van der Waals surface area (Å²) in [6.07, 6.45) is 5.58. The number of rotatable bonds is 7. The third kappa shape index (κ3) is 6.22. The first-order valence-electron chi connectivity index (χ1n) is 10.9. The van der Waals surface area contributed by atoms with Gasteiger partial charge in [0.25, 0.3) is 0 Å². The van der Waals surface area contributed by atoms with Gasteiger partial charge in [-0.3, -0.25) is 9.69 Å². The lowest BCUT2D eigenvalue weighted by Crippen LogP contribution is -2.42. The zero-order chi connectivity index (χ0) is 23.0. The second-order valence-electron chi connectivity index (χ2n) is 7.81. The highest BCUT2D eigenvalue weighted by Gasteiger charge is 2.28. The predicted molar refractivity (Wildman–Crippen MR) is 123 cm³/mol. The molecule has 174 valence electrons. The highest BCUT2D eigenvalue weighted by Crippen LogP contribution is 2.38. The first kappa shape index (κ1) is 23.0. The van der Waals surface area contributed by atoms with E-state index in [-0.39, 0.29) is 12.0 Å². The number of carbonyl (C=O) groups is 2. The van der Waals surface area contributed by atoms with Crippen LogP contribution in [-0.2, 0) is 27.1 Å². The van der Waals surface area contributed by atoms with Gasteiger partial charge < -0.3 is 24.5 Å². The summed E-state index contributed by atoms with van der Waals surface area (Å²) in [5.41, 5.74) is 1.42. The van der Waals surface area contributed by atoms with E-state index < -0.39 is 6.09 Å². The van der Waals surface area contributed by atoms with E-state index >= 15 is 0 Å². The quantitative estimate of drug-likeness (QED) is 0.598. The van der Waals surface area contributed by atoms with Gasteiger partial charge in [0.05, 0.1) is 25.0 Å². The summed E-state index contributed by atoms with van der Waals surface area (Å²) < 4.78 is 16.1. The number of furan rings is 1. The van der Waals surface area contributed by atoms with Crippen LogP contribution < -0.4 is 10.6 Å². The lowest BCUT2D eigenvalue weighted by molar-refractivity contribution is -0.111. The van der Waals surface area contributed by atoms with Gasteiger partial charge in [-0.15, -0.1) is 11.3 Å². The molecule has 4 rings (SSSR count). The van der Waals surface area contributed by atoms with Crippen molar-refractivity contribution < 1.29 is 23.5 Å². The standard InChI is InChI=1S/C23H26N4O5S/c24-15-19-18-5-3-17(32-23(29)25-7-8-27-9-12-30-13-10-27)14-20(18)33-22(19)26-21(28)6-4-16-2-1-11-31-16/h1-2,4,6,11,17H,3,5,7-10,12-14H2,(H,25,29)(H,26,28). The van der Waals surface area contributed by atoms with Crippen LogP contribution in [0.2, 0.25) is 0 Å². The fourth-order valence-electron chi connectivity index (χ4n) is 3.89. The molecule has 10 heteroatoms. The SMILES string of the molecule is N#Cc1c(NC(=O)C=Cc2ccco2)sc2c1CCC(OC(=O)NCCN1CCOCC1)C2. The van der Waals surface area contributed by atoms with Gasteiger partial charge in [0.1, 0.15) is 22.9 Å². The molecule has 2 aromatic rings. The van der Waals surface area contributed by atoms with Crippen molar-refractivity contribution in [2.24, 2.45) is 0 Å². The van der Waals surface area contributed by atoms with Crippen molar-refractivity contribution in [2.45, 2.75) is 25.4 Å². The summed E-state index contributed by atoms with van der Waals surface area (Å²) in [5, 5.41) is 15.8. The van der Waals surface area contributed by atoms with Crippen molar-refractivity contribution in [1.82, 2.24) is 10.2 Å². The van der Waals surface area contributed by atoms with Crippen LogP contribution in [0, 0.1) is 11.3 Å². The van der Waals surface area contributed by atoms with Crippen molar-refractivity contribution in [3.63, 3.8) is 0 Å². The number of ether oxygens (including phenoxy) is 2. The van der Waals surface area contributed by atoms with Crippen LogP contribution in [0.4, 0.5) is 9.80 Å². The highest BCUT2D eigenvalue weighted by molar-refractivity contribution is 7.16. The average Bonchev–Trinajstić information content (AvgIpc) is 3.45. The highest BCUT2D eigenvalue weighted by atomic mass is 32.1. The Bertz CT molecular complexity index is 1030.